The molecule has 7 nitrogen and oxygen atoms in total. The maximum Gasteiger partial charge on any atom is 0.321 e. The van der Waals surface area contributed by atoms with E-state index in [-0.39, 0.29) is 12.5 Å². The van der Waals surface area contributed by atoms with Crippen molar-refractivity contribution in [1.29, 1.82) is 0 Å². The third-order valence-electron chi connectivity index (χ3n) is 4.49. The monoisotopic (exact) mass is 388 g/mol. The molecule has 3 N–H and O–H groups in total. The first-order chi connectivity index (χ1) is 13.0. The van der Waals surface area contributed by atoms with E-state index in [9.17, 15) is 14.4 Å². The van der Waals surface area contributed by atoms with Gasteiger partial charge in [0.1, 0.15) is 0 Å². The summed E-state index contributed by atoms with van der Waals surface area (Å²) in [6.07, 6.45) is 1.13. The van der Waals surface area contributed by atoms with Gasteiger partial charge in [-0.3, -0.25) is 14.9 Å². The van der Waals surface area contributed by atoms with Gasteiger partial charge in [0.25, 0.3) is 5.91 Å². The number of urea groups is 1. The molecule has 7 heteroatoms. The van der Waals surface area contributed by atoms with Crippen molar-refractivity contribution in [2.75, 3.05) is 25.0 Å². The van der Waals surface area contributed by atoms with Crippen LogP contribution in [0.2, 0.25) is 0 Å². The molecule has 154 valence electrons. The van der Waals surface area contributed by atoms with Gasteiger partial charge in [0, 0.05) is 24.3 Å². The highest BCUT2D eigenvalue weighted by atomic mass is 16.2. The number of nitrogens with zero attached hydrogens (tertiary/aromatic N) is 1. The highest BCUT2D eigenvalue weighted by Gasteiger charge is 2.27. The molecule has 1 saturated heterocycles. The Labute approximate surface area is 167 Å². The van der Waals surface area contributed by atoms with Crippen LogP contribution in [0.15, 0.2) is 24.3 Å². The first-order valence-corrected chi connectivity index (χ1v) is 9.79. The first kappa shape index (κ1) is 21.7. The minimum absolute atomic E-state index is 0.0348. The summed E-state index contributed by atoms with van der Waals surface area (Å²) < 4.78 is 0. The van der Waals surface area contributed by atoms with E-state index in [1.165, 1.54) is 0 Å². The molecule has 0 saturated carbocycles. The van der Waals surface area contributed by atoms with Gasteiger partial charge < -0.3 is 15.5 Å². The van der Waals surface area contributed by atoms with Crippen LogP contribution in [0.1, 0.15) is 51.4 Å². The Hall–Kier alpha value is -2.57. The molecular formula is C21H32N4O3. The number of anilines is 1. The van der Waals surface area contributed by atoms with Crippen molar-refractivity contribution < 1.29 is 14.4 Å². The summed E-state index contributed by atoms with van der Waals surface area (Å²) in [5.74, 6) is 0.441. The van der Waals surface area contributed by atoms with Crippen LogP contribution in [0.3, 0.4) is 0 Å². The van der Waals surface area contributed by atoms with Gasteiger partial charge in [-0.1, -0.05) is 26.0 Å². The number of hydrogen-bond donors (Lipinski definition) is 3. The Morgan fingerprint density at radius 2 is 1.68 bits per heavy atom. The second-order valence-corrected chi connectivity index (χ2v) is 8.81. The molecule has 0 aliphatic carbocycles. The van der Waals surface area contributed by atoms with E-state index in [4.69, 9.17) is 0 Å². The maximum atomic E-state index is 13.0. The van der Waals surface area contributed by atoms with Crippen molar-refractivity contribution in [1.82, 2.24) is 15.5 Å². The van der Waals surface area contributed by atoms with E-state index in [1.54, 1.807) is 12.1 Å². The highest BCUT2D eigenvalue weighted by Crippen LogP contribution is 2.24. The lowest BCUT2D eigenvalue weighted by atomic mass is 9.91. The maximum absolute atomic E-state index is 13.0. The summed E-state index contributed by atoms with van der Waals surface area (Å²) >= 11 is 0. The second-order valence-electron chi connectivity index (χ2n) is 8.81. The predicted molar refractivity (Wildman–Crippen MR) is 110 cm³/mol. The molecular weight excluding hydrogens is 356 g/mol. The summed E-state index contributed by atoms with van der Waals surface area (Å²) in [5.41, 5.74) is 0.694. The number of benzene rings is 1. The molecule has 1 aromatic carbocycles. The number of rotatable bonds is 4. The normalized spacial score (nSPS) is 19.7. The number of hydrogen-bond acceptors (Lipinski definition) is 4. The standard InChI is InChI=1S/C21H32N4O3/c1-14-10-15(2)13-25(12-14)19(27)16-8-6-7-9-17(16)22-11-18(26)23-20(28)24-21(3,4)5/h6-9,14-15,22H,10-13H2,1-5H3,(H2,23,24,26,28)/t14-,15-/m0/s1. The molecule has 4 amide bonds. The molecule has 1 aliphatic heterocycles. The van der Waals surface area contributed by atoms with Crippen LogP contribution in [0.5, 0.6) is 0 Å². The minimum atomic E-state index is -0.542. The second kappa shape index (κ2) is 9.08. The first-order valence-electron chi connectivity index (χ1n) is 9.79. The van der Waals surface area contributed by atoms with Gasteiger partial charge in [-0.2, -0.15) is 0 Å². The summed E-state index contributed by atoms with van der Waals surface area (Å²) in [7, 11) is 0. The number of nitrogens with one attached hydrogen (secondary N) is 3. The van der Waals surface area contributed by atoms with Crippen LogP contribution >= 0.6 is 0 Å². The molecule has 1 aliphatic rings. The van der Waals surface area contributed by atoms with Crippen LogP contribution in [-0.4, -0.2) is 47.9 Å². The van der Waals surface area contributed by atoms with Gasteiger partial charge in [0.05, 0.1) is 12.1 Å². The Morgan fingerprint density at radius 3 is 2.29 bits per heavy atom. The number of amides is 4. The zero-order chi connectivity index (χ0) is 20.9. The molecule has 0 bridgehead atoms. The molecule has 0 spiro atoms. The minimum Gasteiger partial charge on any atom is -0.375 e. The summed E-state index contributed by atoms with van der Waals surface area (Å²) in [5, 5.41) is 7.94. The van der Waals surface area contributed by atoms with Crippen LogP contribution in [0, 0.1) is 11.8 Å². The fourth-order valence-electron chi connectivity index (χ4n) is 3.54. The van der Waals surface area contributed by atoms with Crippen molar-refractivity contribution in [3.05, 3.63) is 29.8 Å². The Balaban J connectivity index is 1.99. The number of carbonyl (C=O) groups is 3. The Bertz CT molecular complexity index is 717. The number of piperidine rings is 1. The molecule has 1 heterocycles. The van der Waals surface area contributed by atoms with Crippen LogP contribution in [0.25, 0.3) is 0 Å². The van der Waals surface area contributed by atoms with Crippen LogP contribution in [0.4, 0.5) is 10.5 Å². The Morgan fingerprint density at radius 1 is 1.07 bits per heavy atom. The summed E-state index contributed by atoms with van der Waals surface area (Å²) in [4.78, 5) is 38.7. The van der Waals surface area contributed by atoms with E-state index in [2.05, 4.69) is 29.8 Å². The van der Waals surface area contributed by atoms with Crippen molar-refractivity contribution in [2.45, 2.75) is 46.6 Å². The third-order valence-corrected chi connectivity index (χ3v) is 4.49. The molecule has 0 radical (unpaired) electrons. The van der Waals surface area contributed by atoms with E-state index >= 15 is 0 Å². The lowest BCUT2D eigenvalue weighted by Gasteiger charge is -2.35. The van der Waals surface area contributed by atoms with Crippen LogP contribution in [-0.2, 0) is 4.79 Å². The quantitative estimate of drug-likeness (QED) is 0.740. The lowest BCUT2D eigenvalue weighted by Crippen LogP contribution is -2.49. The van der Waals surface area contributed by atoms with E-state index in [0.717, 1.165) is 19.5 Å². The van der Waals surface area contributed by atoms with Gasteiger partial charge in [-0.15, -0.1) is 0 Å². The van der Waals surface area contributed by atoms with Gasteiger partial charge in [0.2, 0.25) is 5.91 Å². The molecule has 1 aromatic rings. The fraction of sp³-hybridized carbons (Fsp3) is 0.571. The lowest BCUT2D eigenvalue weighted by molar-refractivity contribution is -0.118. The van der Waals surface area contributed by atoms with Crippen molar-refractivity contribution in [2.24, 2.45) is 11.8 Å². The molecule has 2 atom stereocenters. The van der Waals surface area contributed by atoms with E-state index < -0.39 is 17.5 Å². The molecule has 1 fully saturated rings. The average molecular weight is 389 g/mol. The van der Waals surface area contributed by atoms with E-state index in [1.807, 2.05) is 37.8 Å². The zero-order valence-corrected chi connectivity index (χ0v) is 17.5. The van der Waals surface area contributed by atoms with Gasteiger partial charge in [-0.25, -0.2) is 4.79 Å². The number of likely N-dealkylation sites (tertiary alicyclic amines) is 1. The molecule has 0 aromatic heterocycles. The zero-order valence-electron chi connectivity index (χ0n) is 17.5. The Kier molecular flexibility index (Phi) is 7.05. The van der Waals surface area contributed by atoms with Gasteiger partial charge >= 0.3 is 6.03 Å². The topological polar surface area (TPSA) is 90.5 Å². The fourth-order valence-corrected chi connectivity index (χ4v) is 3.54. The summed E-state index contributed by atoms with van der Waals surface area (Å²) in [6.45, 7) is 11.2. The summed E-state index contributed by atoms with van der Waals surface area (Å²) in [6, 6.07) is 6.61. The highest BCUT2D eigenvalue weighted by molar-refractivity contribution is 6.01. The van der Waals surface area contributed by atoms with Crippen molar-refractivity contribution in [3.8, 4) is 0 Å². The van der Waals surface area contributed by atoms with Crippen molar-refractivity contribution in [3.63, 3.8) is 0 Å². The SMILES string of the molecule is C[C@H]1C[C@H](C)CN(C(=O)c2ccccc2NCC(=O)NC(=O)NC(C)(C)C)C1. The average Bonchev–Trinajstić information content (AvgIpc) is 2.57. The van der Waals surface area contributed by atoms with Crippen molar-refractivity contribution >= 4 is 23.5 Å². The number of para-hydroxylation sites is 1. The van der Waals surface area contributed by atoms with Gasteiger partial charge in [-0.05, 0) is 51.2 Å². The smallest absolute Gasteiger partial charge is 0.321 e. The molecule has 28 heavy (non-hydrogen) atoms. The number of imide groups is 1. The third kappa shape index (κ3) is 6.55. The molecule has 2 rings (SSSR count). The van der Waals surface area contributed by atoms with E-state index in [0.29, 0.717) is 23.1 Å². The molecule has 0 unspecified atom stereocenters. The largest absolute Gasteiger partial charge is 0.375 e. The van der Waals surface area contributed by atoms with Crippen LogP contribution < -0.4 is 16.0 Å². The number of carbonyl (C=O) groups excluding carboxylic acids is 3. The predicted octanol–water partition coefficient (Wildman–Crippen LogP) is 2.84. The van der Waals surface area contributed by atoms with Gasteiger partial charge in [0.15, 0.2) is 0 Å².